The van der Waals surface area contributed by atoms with Crippen LogP contribution in [0.3, 0.4) is 0 Å². The van der Waals surface area contributed by atoms with E-state index < -0.39 is 5.97 Å². The Morgan fingerprint density at radius 3 is 2.68 bits per heavy atom. The Morgan fingerprint density at radius 1 is 1.12 bits per heavy atom. The van der Waals surface area contributed by atoms with E-state index in [9.17, 15) is 9.18 Å². The van der Waals surface area contributed by atoms with Gasteiger partial charge in [-0.2, -0.15) is 0 Å². The molecule has 2 aliphatic rings. The summed E-state index contributed by atoms with van der Waals surface area (Å²) in [5.74, 6) is -0.176. The molecule has 0 aromatic heterocycles. The number of hydrogen-bond acceptors (Lipinski definition) is 3. The van der Waals surface area contributed by atoms with E-state index in [4.69, 9.17) is 14.6 Å². The molecule has 2 bridgehead atoms. The van der Waals surface area contributed by atoms with Gasteiger partial charge in [0.15, 0.2) is 0 Å². The third-order valence-electron chi connectivity index (χ3n) is 7.54. The zero-order chi connectivity index (χ0) is 23.8. The van der Waals surface area contributed by atoms with Crippen LogP contribution in [-0.4, -0.2) is 30.4 Å². The van der Waals surface area contributed by atoms with Gasteiger partial charge in [0.1, 0.15) is 5.82 Å². The number of hydrogen-bond donors (Lipinski definition) is 1. The molecule has 1 aliphatic heterocycles. The highest BCUT2D eigenvalue weighted by Crippen LogP contribution is 2.57. The van der Waals surface area contributed by atoms with Crippen molar-refractivity contribution < 1.29 is 23.8 Å². The normalized spacial score (nSPS) is 25.9. The number of aryl methyl sites for hydroxylation is 1. The number of halogens is 1. The van der Waals surface area contributed by atoms with Gasteiger partial charge >= 0.3 is 5.97 Å². The van der Waals surface area contributed by atoms with Crippen molar-refractivity contribution in [1.29, 1.82) is 0 Å². The summed E-state index contributed by atoms with van der Waals surface area (Å²) < 4.78 is 25.6. The minimum absolute atomic E-state index is 0.149. The highest BCUT2D eigenvalue weighted by molar-refractivity contribution is 5.66. The monoisotopic (exact) mass is 466 g/mol. The largest absolute Gasteiger partial charge is 0.481 e. The van der Waals surface area contributed by atoms with E-state index in [1.54, 1.807) is 12.1 Å². The fraction of sp³-hybridized carbons (Fsp3) is 0.483. The van der Waals surface area contributed by atoms with Crippen molar-refractivity contribution in [2.75, 3.05) is 13.2 Å². The molecule has 4 atom stereocenters. The first-order valence-electron chi connectivity index (χ1n) is 12.4. The third-order valence-corrected chi connectivity index (χ3v) is 7.54. The maximum atomic E-state index is 13.2. The molecule has 4 nitrogen and oxygen atoms in total. The van der Waals surface area contributed by atoms with E-state index in [0.717, 1.165) is 44.3 Å². The van der Waals surface area contributed by atoms with Crippen molar-refractivity contribution in [3.63, 3.8) is 0 Å². The lowest BCUT2D eigenvalue weighted by molar-refractivity contribution is -0.137. The van der Waals surface area contributed by atoms with E-state index in [1.165, 1.54) is 17.7 Å². The molecule has 1 aliphatic carbocycles. The Morgan fingerprint density at radius 2 is 1.91 bits per heavy atom. The number of fused-ring (bicyclic) bond motifs is 2. The Labute approximate surface area is 201 Å². The predicted molar refractivity (Wildman–Crippen MR) is 130 cm³/mol. The number of carboxylic acid groups (broad SMARTS) is 1. The Bertz CT molecular complexity index is 942. The van der Waals surface area contributed by atoms with Crippen LogP contribution in [0.4, 0.5) is 4.39 Å². The van der Waals surface area contributed by atoms with Gasteiger partial charge in [-0.05, 0) is 67.7 Å². The van der Waals surface area contributed by atoms with Crippen LogP contribution in [0.5, 0.6) is 0 Å². The molecule has 1 saturated carbocycles. The molecular formula is C29H35FO4. The molecule has 182 valence electrons. The van der Waals surface area contributed by atoms with Crippen LogP contribution >= 0.6 is 0 Å². The second-order valence-electron chi connectivity index (χ2n) is 9.81. The quantitative estimate of drug-likeness (QED) is 0.282. The molecule has 0 unspecified atom stereocenters. The SMILES string of the molecule is O=C(O)CCC/C=C\C[C@@H]1[C@@H](COCc2ccc(F)cc2)[C@H]2C[C@]1(CCc1ccccc1)CO2. The number of benzene rings is 2. The van der Waals surface area contributed by atoms with Crippen molar-refractivity contribution in [1.82, 2.24) is 0 Å². The number of unbranched alkanes of at least 4 members (excludes halogenated alkanes) is 1. The molecule has 0 radical (unpaired) electrons. The van der Waals surface area contributed by atoms with Crippen LogP contribution in [0.15, 0.2) is 66.7 Å². The fourth-order valence-corrected chi connectivity index (χ4v) is 5.71. The predicted octanol–water partition coefficient (Wildman–Crippen LogP) is 6.20. The van der Waals surface area contributed by atoms with Gasteiger partial charge in [-0.25, -0.2) is 4.39 Å². The van der Waals surface area contributed by atoms with E-state index in [-0.39, 0.29) is 23.8 Å². The van der Waals surface area contributed by atoms with Gasteiger partial charge in [0, 0.05) is 17.8 Å². The number of carboxylic acids is 1. The Hall–Kier alpha value is -2.50. The molecule has 0 amide bonds. The maximum Gasteiger partial charge on any atom is 0.303 e. The minimum atomic E-state index is -0.739. The lowest BCUT2D eigenvalue weighted by atomic mass is 9.70. The van der Waals surface area contributed by atoms with Crippen molar-refractivity contribution in [2.24, 2.45) is 17.3 Å². The molecule has 2 aromatic carbocycles. The summed E-state index contributed by atoms with van der Waals surface area (Å²) in [5.41, 5.74) is 2.48. The van der Waals surface area contributed by atoms with Crippen molar-refractivity contribution in [2.45, 2.75) is 57.7 Å². The molecule has 1 saturated heterocycles. The van der Waals surface area contributed by atoms with E-state index in [0.29, 0.717) is 31.5 Å². The lowest BCUT2D eigenvalue weighted by Gasteiger charge is -2.39. The lowest BCUT2D eigenvalue weighted by Crippen LogP contribution is -2.38. The molecule has 1 N–H and O–H groups in total. The first kappa shape index (κ1) is 24.6. The van der Waals surface area contributed by atoms with E-state index in [1.807, 2.05) is 0 Å². The average molecular weight is 467 g/mol. The first-order chi connectivity index (χ1) is 16.6. The molecule has 2 aromatic rings. The maximum absolute atomic E-state index is 13.2. The number of allylic oxidation sites excluding steroid dienone is 2. The molecule has 4 rings (SSSR count). The minimum Gasteiger partial charge on any atom is -0.481 e. The highest BCUT2D eigenvalue weighted by atomic mass is 19.1. The molecular weight excluding hydrogens is 431 g/mol. The summed E-state index contributed by atoms with van der Waals surface area (Å²) in [6.45, 7) is 1.90. The van der Waals surface area contributed by atoms with Gasteiger partial charge in [0.2, 0.25) is 0 Å². The Balaban J connectivity index is 1.39. The third kappa shape index (κ3) is 6.34. The smallest absolute Gasteiger partial charge is 0.303 e. The number of rotatable bonds is 13. The first-order valence-corrected chi connectivity index (χ1v) is 12.4. The number of carbonyl (C=O) groups is 1. The summed E-state index contributed by atoms with van der Waals surface area (Å²) in [4.78, 5) is 10.8. The Kier molecular flexibility index (Phi) is 8.52. The van der Waals surface area contributed by atoms with Crippen molar-refractivity contribution >= 4 is 5.97 Å². The van der Waals surface area contributed by atoms with Gasteiger partial charge < -0.3 is 14.6 Å². The van der Waals surface area contributed by atoms with Gasteiger partial charge in [-0.3, -0.25) is 4.79 Å². The molecule has 1 heterocycles. The van der Waals surface area contributed by atoms with E-state index in [2.05, 4.69) is 42.5 Å². The summed E-state index contributed by atoms with van der Waals surface area (Å²) in [7, 11) is 0. The van der Waals surface area contributed by atoms with Gasteiger partial charge in [0.25, 0.3) is 0 Å². The standard InChI is InChI=1S/C29H35FO4/c30-24-14-12-23(13-15-24)19-33-20-25-26(10-6-1-2-7-11-28(31)32)29(18-27(25)34-21-29)17-16-22-8-4-3-5-9-22/h1,3-6,8-9,12-15,25-27H,2,7,10-11,16-21H2,(H,31,32)/b6-1-/t25-,26-,27-,29-/m1/s1. The van der Waals surface area contributed by atoms with Crippen LogP contribution < -0.4 is 0 Å². The zero-order valence-corrected chi connectivity index (χ0v) is 19.7. The molecule has 0 spiro atoms. The summed E-state index contributed by atoms with van der Waals surface area (Å²) in [6.07, 6.45) is 10.4. The van der Waals surface area contributed by atoms with Crippen LogP contribution in [0.25, 0.3) is 0 Å². The number of aliphatic carboxylic acids is 1. The molecule has 34 heavy (non-hydrogen) atoms. The topological polar surface area (TPSA) is 55.8 Å². The number of ether oxygens (including phenoxy) is 2. The van der Waals surface area contributed by atoms with Gasteiger partial charge in [-0.15, -0.1) is 0 Å². The fourth-order valence-electron chi connectivity index (χ4n) is 5.71. The summed E-state index contributed by atoms with van der Waals surface area (Å²) in [5, 5.41) is 8.84. The van der Waals surface area contributed by atoms with Crippen LogP contribution in [-0.2, 0) is 27.3 Å². The van der Waals surface area contributed by atoms with Gasteiger partial charge in [0.05, 0.1) is 25.9 Å². The highest BCUT2D eigenvalue weighted by Gasteiger charge is 2.57. The average Bonchev–Trinajstić information content (AvgIpc) is 3.39. The second-order valence-corrected chi connectivity index (χ2v) is 9.81. The van der Waals surface area contributed by atoms with Crippen LogP contribution in [0.1, 0.15) is 49.7 Å². The molecule has 2 fully saturated rings. The van der Waals surface area contributed by atoms with Crippen molar-refractivity contribution in [3.05, 3.63) is 83.7 Å². The zero-order valence-electron chi connectivity index (χ0n) is 19.7. The molecule has 5 heteroatoms. The van der Waals surface area contributed by atoms with Crippen molar-refractivity contribution in [3.8, 4) is 0 Å². The van der Waals surface area contributed by atoms with Crippen LogP contribution in [0, 0.1) is 23.1 Å². The summed E-state index contributed by atoms with van der Waals surface area (Å²) >= 11 is 0. The second kappa shape index (κ2) is 11.8. The van der Waals surface area contributed by atoms with E-state index >= 15 is 0 Å². The van der Waals surface area contributed by atoms with Crippen LogP contribution in [0.2, 0.25) is 0 Å². The summed E-state index contributed by atoms with van der Waals surface area (Å²) in [6, 6.07) is 17.1. The van der Waals surface area contributed by atoms with Gasteiger partial charge in [-0.1, -0.05) is 54.6 Å².